The predicted molar refractivity (Wildman–Crippen MR) is 74.0 cm³/mol. The normalized spacial score (nSPS) is 10.6. The number of amides is 1. The Morgan fingerprint density at radius 1 is 1.58 bits per heavy atom. The highest BCUT2D eigenvalue weighted by molar-refractivity contribution is 7.99. The van der Waals surface area contributed by atoms with E-state index in [2.05, 4.69) is 15.3 Å². The van der Waals surface area contributed by atoms with E-state index < -0.39 is 6.09 Å². The first-order valence-corrected chi connectivity index (χ1v) is 6.81. The van der Waals surface area contributed by atoms with Crippen molar-refractivity contribution in [3.63, 3.8) is 0 Å². The largest absolute Gasteiger partial charge is 0.497 e. The second-order valence-electron chi connectivity index (χ2n) is 3.86. The molecule has 0 bridgehead atoms. The molecule has 1 heterocycles. The lowest BCUT2D eigenvalue weighted by atomic mass is 10.3. The number of methoxy groups -OCH3 is 1. The van der Waals surface area contributed by atoms with Crippen LogP contribution in [0, 0.1) is 0 Å². The third kappa shape index (κ3) is 3.78. The number of hydrogen-bond donors (Lipinski definition) is 3. The van der Waals surface area contributed by atoms with Gasteiger partial charge in [-0.25, -0.2) is 9.78 Å². The van der Waals surface area contributed by atoms with Crippen molar-refractivity contribution < 1.29 is 14.6 Å². The highest BCUT2D eigenvalue weighted by Crippen LogP contribution is 2.23. The zero-order chi connectivity index (χ0) is 13.7. The van der Waals surface area contributed by atoms with Gasteiger partial charge in [-0.05, 0) is 18.6 Å². The molecular weight excluding hydrogens is 266 g/mol. The van der Waals surface area contributed by atoms with Gasteiger partial charge in [-0.3, -0.25) is 0 Å². The molecule has 0 radical (unpaired) electrons. The molecule has 0 spiro atoms. The van der Waals surface area contributed by atoms with Gasteiger partial charge in [-0.15, -0.1) is 0 Å². The maximum Gasteiger partial charge on any atom is 0.404 e. The summed E-state index contributed by atoms with van der Waals surface area (Å²) in [6.45, 7) is 0.455. The summed E-state index contributed by atoms with van der Waals surface area (Å²) in [6, 6.07) is 5.69. The number of nitrogens with zero attached hydrogens (tertiary/aromatic N) is 1. The van der Waals surface area contributed by atoms with E-state index in [-0.39, 0.29) is 0 Å². The average Bonchev–Trinajstić information content (AvgIpc) is 2.79. The van der Waals surface area contributed by atoms with Crippen molar-refractivity contribution in [1.29, 1.82) is 0 Å². The fourth-order valence-corrected chi connectivity index (χ4v) is 2.42. The SMILES string of the molecule is COc1ccc2[nH]c(SCCCNC(=O)O)nc2c1. The third-order valence-corrected chi connectivity index (χ3v) is 3.46. The number of benzene rings is 1. The molecule has 0 unspecified atom stereocenters. The molecule has 3 N–H and O–H groups in total. The first-order chi connectivity index (χ1) is 9.19. The van der Waals surface area contributed by atoms with Gasteiger partial charge in [0, 0.05) is 18.4 Å². The minimum Gasteiger partial charge on any atom is -0.497 e. The van der Waals surface area contributed by atoms with Crippen LogP contribution >= 0.6 is 11.8 Å². The highest BCUT2D eigenvalue weighted by Gasteiger charge is 2.04. The fourth-order valence-electron chi connectivity index (χ4n) is 1.59. The van der Waals surface area contributed by atoms with E-state index in [0.717, 1.165) is 34.1 Å². The van der Waals surface area contributed by atoms with Gasteiger partial charge in [0.05, 0.1) is 18.1 Å². The number of thioether (sulfide) groups is 1. The van der Waals surface area contributed by atoms with Crippen LogP contribution in [0.5, 0.6) is 5.75 Å². The lowest BCUT2D eigenvalue weighted by molar-refractivity contribution is 0.194. The molecule has 2 rings (SSSR count). The summed E-state index contributed by atoms with van der Waals surface area (Å²) < 4.78 is 5.14. The predicted octanol–water partition coefficient (Wildman–Crippen LogP) is 2.32. The van der Waals surface area contributed by atoms with Gasteiger partial charge in [-0.1, -0.05) is 11.8 Å². The van der Waals surface area contributed by atoms with Gasteiger partial charge in [0.2, 0.25) is 0 Å². The second kappa shape index (κ2) is 6.33. The summed E-state index contributed by atoms with van der Waals surface area (Å²) in [5.41, 5.74) is 1.83. The van der Waals surface area contributed by atoms with Crippen molar-refractivity contribution in [2.45, 2.75) is 11.6 Å². The van der Waals surface area contributed by atoms with E-state index in [0.29, 0.717) is 6.54 Å². The molecule has 0 atom stereocenters. The number of aromatic amines is 1. The zero-order valence-corrected chi connectivity index (χ0v) is 11.3. The van der Waals surface area contributed by atoms with Crippen LogP contribution in [0.1, 0.15) is 6.42 Å². The molecular formula is C12H15N3O3S. The molecule has 102 valence electrons. The van der Waals surface area contributed by atoms with Crippen LogP contribution in [-0.4, -0.2) is 40.6 Å². The minimum atomic E-state index is -0.985. The van der Waals surface area contributed by atoms with Crippen LogP contribution in [0.4, 0.5) is 4.79 Å². The molecule has 1 amide bonds. The molecule has 0 aliphatic rings. The molecule has 0 aliphatic heterocycles. The van der Waals surface area contributed by atoms with Crippen molar-refractivity contribution in [3.05, 3.63) is 18.2 Å². The number of nitrogens with one attached hydrogen (secondary N) is 2. The molecule has 0 saturated heterocycles. The van der Waals surface area contributed by atoms with Gasteiger partial charge in [0.15, 0.2) is 5.16 Å². The van der Waals surface area contributed by atoms with Crippen LogP contribution < -0.4 is 10.1 Å². The van der Waals surface area contributed by atoms with Crippen molar-refractivity contribution >= 4 is 28.9 Å². The maximum atomic E-state index is 10.3. The van der Waals surface area contributed by atoms with Crippen LogP contribution in [-0.2, 0) is 0 Å². The smallest absolute Gasteiger partial charge is 0.404 e. The molecule has 1 aromatic heterocycles. The number of H-pyrrole nitrogens is 1. The summed E-state index contributed by atoms with van der Waals surface area (Å²) in [5.74, 6) is 1.58. The second-order valence-corrected chi connectivity index (χ2v) is 4.94. The minimum absolute atomic E-state index is 0.455. The summed E-state index contributed by atoms with van der Waals surface area (Å²) in [7, 11) is 1.62. The lowest BCUT2D eigenvalue weighted by Gasteiger charge is -1.98. The third-order valence-electron chi connectivity index (χ3n) is 2.50. The van der Waals surface area contributed by atoms with Gasteiger partial charge >= 0.3 is 6.09 Å². The molecule has 19 heavy (non-hydrogen) atoms. The first-order valence-electron chi connectivity index (χ1n) is 5.82. The van der Waals surface area contributed by atoms with Crippen LogP contribution in [0.15, 0.2) is 23.4 Å². The number of carboxylic acid groups (broad SMARTS) is 1. The summed E-state index contributed by atoms with van der Waals surface area (Å²) >= 11 is 1.57. The number of hydrogen-bond acceptors (Lipinski definition) is 4. The van der Waals surface area contributed by atoms with E-state index in [9.17, 15) is 4.79 Å². The highest BCUT2D eigenvalue weighted by atomic mass is 32.2. The summed E-state index contributed by atoms with van der Waals surface area (Å²) in [5, 5.41) is 11.6. The number of aromatic nitrogens is 2. The standard InChI is InChI=1S/C12H15N3O3S/c1-18-8-3-4-9-10(7-8)15-11(14-9)19-6-2-5-13-12(16)17/h3-4,7,13H,2,5-6H2,1H3,(H,14,15)(H,16,17). The van der Waals surface area contributed by atoms with Crippen molar-refractivity contribution in [2.75, 3.05) is 19.4 Å². The van der Waals surface area contributed by atoms with Crippen LogP contribution in [0.3, 0.4) is 0 Å². The monoisotopic (exact) mass is 281 g/mol. The van der Waals surface area contributed by atoms with Gasteiger partial charge in [-0.2, -0.15) is 0 Å². The Morgan fingerprint density at radius 3 is 3.16 bits per heavy atom. The Labute approximate surface area is 114 Å². The Kier molecular flexibility index (Phi) is 4.51. The lowest BCUT2D eigenvalue weighted by Crippen LogP contribution is -2.22. The molecule has 7 heteroatoms. The van der Waals surface area contributed by atoms with E-state index >= 15 is 0 Å². The van der Waals surface area contributed by atoms with Gasteiger partial charge < -0.3 is 20.1 Å². The zero-order valence-electron chi connectivity index (χ0n) is 10.5. The maximum absolute atomic E-state index is 10.3. The number of carbonyl (C=O) groups is 1. The van der Waals surface area contributed by atoms with E-state index in [1.165, 1.54) is 0 Å². The first kappa shape index (κ1) is 13.5. The molecule has 1 aromatic carbocycles. The van der Waals surface area contributed by atoms with Crippen molar-refractivity contribution in [2.24, 2.45) is 0 Å². The summed E-state index contributed by atoms with van der Waals surface area (Å²) in [4.78, 5) is 17.9. The Morgan fingerprint density at radius 2 is 2.42 bits per heavy atom. The van der Waals surface area contributed by atoms with Crippen LogP contribution in [0.2, 0.25) is 0 Å². The molecule has 0 fully saturated rings. The topological polar surface area (TPSA) is 87.2 Å². The molecule has 6 nitrogen and oxygen atoms in total. The number of fused-ring (bicyclic) bond motifs is 1. The molecule has 0 aliphatic carbocycles. The number of imidazole rings is 1. The van der Waals surface area contributed by atoms with Gasteiger partial charge in [0.25, 0.3) is 0 Å². The van der Waals surface area contributed by atoms with E-state index in [1.54, 1.807) is 18.9 Å². The quantitative estimate of drug-likeness (QED) is 0.558. The number of rotatable bonds is 6. The molecule has 0 saturated carbocycles. The van der Waals surface area contributed by atoms with Gasteiger partial charge in [0.1, 0.15) is 5.75 Å². The Hall–Kier alpha value is -1.89. The Bertz CT molecular complexity index is 570. The van der Waals surface area contributed by atoms with Crippen molar-refractivity contribution in [3.8, 4) is 5.75 Å². The van der Waals surface area contributed by atoms with E-state index in [4.69, 9.17) is 9.84 Å². The fraction of sp³-hybridized carbons (Fsp3) is 0.333. The molecule has 2 aromatic rings. The van der Waals surface area contributed by atoms with E-state index in [1.807, 2.05) is 18.2 Å². The summed E-state index contributed by atoms with van der Waals surface area (Å²) in [6.07, 6.45) is -0.224. The Balaban J connectivity index is 1.89. The van der Waals surface area contributed by atoms with Crippen molar-refractivity contribution in [1.82, 2.24) is 15.3 Å². The van der Waals surface area contributed by atoms with Crippen LogP contribution in [0.25, 0.3) is 11.0 Å². The average molecular weight is 281 g/mol. The number of ether oxygens (including phenoxy) is 1.